The summed E-state index contributed by atoms with van der Waals surface area (Å²) in [6, 6.07) is 61.1. The van der Waals surface area contributed by atoms with Gasteiger partial charge < -0.3 is 4.42 Å². The van der Waals surface area contributed by atoms with Crippen LogP contribution < -0.4 is 0 Å². The Morgan fingerprint density at radius 2 is 0.941 bits per heavy atom. The van der Waals surface area contributed by atoms with E-state index in [0.717, 1.165) is 66.3 Å². The van der Waals surface area contributed by atoms with Gasteiger partial charge in [0.05, 0.1) is 0 Å². The van der Waals surface area contributed by atoms with Crippen molar-refractivity contribution in [1.29, 1.82) is 0 Å². The molecule has 0 aliphatic carbocycles. The summed E-state index contributed by atoms with van der Waals surface area (Å²) in [6.45, 7) is 0. The van der Waals surface area contributed by atoms with Gasteiger partial charge in [-0.05, 0) is 74.1 Å². The van der Waals surface area contributed by atoms with Crippen LogP contribution in [0.25, 0.3) is 99.9 Å². The minimum Gasteiger partial charge on any atom is -0.456 e. The zero-order valence-electron chi connectivity index (χ0n) is 27.5. The van der Waals surface area contributed by atoms with E-state index >= 15 is 0 Å². The summed E-state index contributed by atoms with van der Waals surface area (Å²) in [4.78, 5) is 15.7. The maximum atomic E-state index is 6.29. The zero-order chi connectivity index (χ0) is 33.7. The molecule has 10 rings (SSSR count). The van der Waals surface area contributed by atoms with Crippen molar-refractivity contribution in [3.8, 4) is 56.4 Å². The van der Waals surface area contributed by atoms with E-state index in [0.29, 0.717) is 17.5 Å². The number of aromatic nitrogens is 3. The van der Waals surface area contributed by atoms with Crippen molar-refractivity contribution in [2.24, 2.45) is 0 Å². The molecule has 4 heteroatoms. The van der Waals surface area contributed by atoms with Crippen LogP contribution in [0.3, 0.4) is 0 Å². The average molecular weight is 652 g/mol. The Kier molecular flexibility index (Phi) is 6.78. The van der Waals surface area contributed by atoms with E-state index in [1.54, 1.807) is 0 Å². The third-order valence-electron chi connectivity index (χ3n) is 9.71. The number of nitrogens with zero attached hydrogens (tertiary/aromatic N) is 3. The van der Waals surface area contributed by atoms with E-state index in [-0.39, 0.29) is 0 Å². The topological polar surface area (TPSA) is 51.8 Å². The number of furan rings is 1. The Morgan fingerprint density at radius 1 is 0.314 bits per heavy atom. The molecule has 0 bridgehead atoms. The lowest BCUT2D eigenvalue weighted by atomic mass is 9.92. The van der Waals surface area contributed by atoms with Gasteiger partial charge in [0.15, 0.2) is 17.5 Å². The summed E-state index contributed by atoms with van der Waals surface area (Å²) in [5.41, 5.74) is 8.87. The first-order chi connectivity index (χ1) is 25.3. The fraction of sp³-hybridized carbons (Fsp3) is 0. The van der Waals surface area contributed by atoms with Crippen molar-refractivity contribution < 1.29 is 4.42 Å². The van der Waals surface area contributed by atoms with Crippen molar-refractivity contribution in [1.82, 2.24) is 15.0 Å². The van der Waals surface area contributed by atoms with Crippen LogP contribution in [0.1, 0.15) is 0 Å². The molecule has 0 unspecified atom stereocenters. The van der Waals surface area contributed by atoms with Gasteiger partial charge in [0, 0.05) is 27.5 Å². The molecule has 0 amide bonds. The zero-order valence-corrected chi connectivity index (χ0v) is 27.5. The molecule has 0 fully saturated rings. The lowest BCUT2D eigenvalue weighted by Crippen LogP contribution is -2.01. The van der Waals surface area contributed by atoms with Gasteiger partial charge in [-0.25, -0.2) is 15.0 Å². The first kappa shape index (κ1) is 29.0. The Morgan fingerprint density at radius 3 is 1.78 bits per heavy atom. The fourth-order valence-corrected chi connectivity index (χ4v) is 7.29. The van der Waals surface area contributed by atoms with Gasteiger partial charge in [-0.1, -0.05) is 146 Å². The number of para-hydroxylation sites is 1. The minimum atomic E-state index is 0.594. The Hall–Kier alpha value is -6.91. The van der Waals surface area contributed by atoms with Gasteiger partial charge in [0.25, 0.3) is 0 Å². The summed E-state index contributed by atoms with van der Waals surface area (Å²) in [6.07, 6.45) is 0. The molecule has 51 heavy (non-hydrogen) atoms. The second-order valence-electron chi connectivity index (χ2n) is 12.8. The predicted octanol–water partition coefficient (Wildman–Crippen LogP) is 12.4. The van der Waals surface area contributed by atoms with Crippen LogP contribution in [0.5, 0.6) is 0 Å². The average Bonchev–Trinajstić information content (AvgIpc) is 3.60. The highest BCUT2D eigenvalue weighted by atomic mass is 16.3. The molecule has 0 aliphatic heterocycles. The van der Waals surface area contributed by atoms with Gasteiger partial charge in [0.2, 0.25) is 0 Å². The van der Waals surface area contributed by atoms with Crippen molar-refractivity contribution >= 4 is 43.5 Å². The van der Waals surface area contributed by atoms with Crippen LogP contribution in [-0.2, 0) is 0 Å². The second-order valence-corrected chi connectivity index (χ2v) is 12.8. The highest BCUT2D eigenvalue weighted by molar-refractivity contribution is 6.14. The molecule has 0 aliphatic rings. The number of benzene rings is 8. The first-order valence-corrected chi connectivity index (χ1v) is 17.1. The Labute approximate surface area is 294 Å². The molecule has 0 atom stereocenters. The molecule has 0 saturated carbocycles. The summed E-state index contributed by atoms with van der Waals surface area (Å²) in [7, 11) is 0. The molecule has 4 nitrogen and oxygen atoms in total. The highest BCUT2D eigenvalue weighted by Crippen LogP contribution is 2.40. The monoisotopic (exact) mass is 651 g/mol. The van der Waals surface area contributed by atoms with Crippen LogP contribution in [0.15, 0.2) is 180 Å². The van der Waals surface area contributed by atoms with E-state index in [1.165, 1.54) is 16.2 Å². The Balaban J connectivity index is 1.27. The molecule has 8 aromatic carbocycles. The summed E-state index contributed by atoms with van der Waals surface area (Å²) in [5, 5.41) is 6.73. The number of hydrogen-bond acceptors (Lipinski definition) is 4. The van der Waals surface area contributed by atoms with Crippen LogP contribution >= 0.6 is 0 Å². The third-order valence-corrected chi connectivity index (χ3v) is 9.71. The van der Waals surface area contributed by atoms with Crippen molar-refractivity contribution in [2.45, 2.75) is 0 Å². The first-order valence-electron chi connectivity index (χ1n) is 17.1. The lowest BCUT2D eigenvalue weighted by molar-refractivity contribution is 0.669. The standard InChI is InChI=1S/C47H29N3O/c1-3-13-30(14-4-1)33-18-11-19-34(27-33)45-48-46(50-47(49-45)39-22-12-24-43-44(39)38-21-9-10-23-42(38)51-43)35-28-40(31-15-5-2-6-16-31)37-26-25-32-17-7-8-20-36(32)41(37)29-35/h1-29H. The van der Waals surface area contributed by atoms with E-state index in [2.05, 4.69) is 140 Å². The van der Waals surface area contributed by atoms with E-state index in [4.69, 9.17) is 19.4 Å². The van der Waals surface area contributed by atoms with Gasteiger partial charge in [-0.2, -0.15) is 0 Å². The molecule has 238 valence electrons. The largest absolute Gasteiger partial charge is 0.456 e. The van der Waals surface area contributed by atoms with Gasteiger partial charge in [-0.3, -0.25) is 0 Å². The maximum Gasteiger partial charge on any atom is 0.164 e. The summed E-state index contributed by atoms with van der Waals surface area (Å²) < 4.78 is 6.29. The van der Waals surface area contributed by atoms with Crippen LogP contribution in [0, 0.1) is 0 Å². The predicted molar refractivity (Wildman–Crippen MR) is 209 cm³/mol. The number of hydrogen-bond donors (Lipinski definition) is 0. The molecular weight excluding hydrogens is 623 g/mol. The summed E-state index contributed by atoms with van der Waals surface area (Å²) in [5.74, 6) is 1.81. The molecule has 0 N–H and O–H groups in total. The second kappa shape index (κ2) is 11.9. The number of fused-ring (bicyclic) bond motifs is 6. The van der Waals surface area contributed by atoms with Gasteiger partial charge in [-0.15, -0.1) is 0 Å². The van der Waals surface area contributed by atoms with Crippen molar-refractivity contribution in [3.05, 3.63) is 176 Å². The van der Waals surface area contributed by atoms with Gasteiger partial charge in [0.1, 0.15) is 11.2 Å². The van der Waals surface area contributed by atoms with E-state index in [1.807, 2.05) is 36.4 Å². The molecule has 10 aromatic rings. The van der Waals surface area contributed by atoms with E-state index in [9.17, 15) is 0 Å². The molecule has 0 radical (unpaired) electrons. The van der Waals surface area contributed by atoms with Crippen molar-refractivity contribution in [3.63, 3.8) is 0 Å². The van der Waals surface area contributed by atoms with E-state index < -0.39 is 0 Å². The molecule has 0 spiro atoms. The Bertz CT molecular complexity index is 2910. The molecule has 0 saturated heterocycles. The SMILES string of the molecule is c1ccc(-c2cccc(-c3nc(-c4cc(-c5ccccc5)c5ccc6ccccc6c5c4)nc(-c4cccc5oc6ccccc6c45)n3)c2)cc1. The number of rotatable bonds is 5. The van der Waals surface area contributed by atoms with Gasteiger partial charge >= 0.3 is 0 Å². The third kappa shape index (κ3) is 5.04. The smallest absolute Gasteiger partial charge is 0.164 e. The fourth-order valence-electron chi connectivity index (χ4n) is 7.29. The van der Waals surface area contributed by atoms with Crippen LogP contribution in [0.4, 0.5) is 0 Å². The normalized spacial score (nSPS) is 11.5. The minimum absolute atomic E-state index is 0.594. The molecule has 2 heterocycles. The lowest BCUT2D eigenvalue weighted by Gasteiger charge is -2.14. The van der Waals surface area contributed by atoms with Crippen molar-refractivity contribution in [2.75, 3.05) is 0 Å². The maximum absolute atomic E-state index is 6.29. The quantitative estimate of drug-likeness (QED) is 0.174. The molecular formula is C47H29N3O. The highest BCUT2D eigenvalue weighted by Gasteiger charge is 2.19. The molecule has 2 aromatic heterocycles. The van der Waals surface area contributed by atoms with Crippen LogP contribution in [-0.4, -0.2) is 15.0 Å². The van der Waals surface area contributed by atoms with Crippen LogP contribution in [0.2, 0.25) is 0 Å². The summed E-state index contributed by atoms with van der Waals surface area (Å²) >= 11 is 0.